The Hall–Kier alpha value is -0.600. The molecule has 0 N–H and O–H groups in total. The van der Waals surface area contributed by atoms with Crippen LogP contribution in [0, 0.1) is 5.82 Å². The molecular weight excluding hydrogens is 201 g/mol. The van der Waals surface area contributed by atoms with Crippen molar-refractivity contribution in [3.05, 3.63) is 34.6 Å². The quantitative estimate of drug-likeness (QED) is 0.694. The molecule has 1 unspecified atom stereocenters. The largest absolute Gasteiger partial charge is 0.306 e. The van der Waals surface area contributed by atoms with Crippen LogP contribution in [0.25, 0.3) is 0 Å². The van der Waals surface area contributed by atoms with Crippen molar-refractivity contribution in [2.75, 3.05) is 20.1 Å². The third kappa shape index (κ3) is 1.91. The SMILES string of the molecule is CN1CCC(c2ccc(Cl)c(F)c2)C1. The molecule has 1 heterocycles. The summed E-state index contributed by atoms with van der Waals surface area (Å²) in [6.07, 6.45) is 1.11. The van der Waals surface area contributed by atoms with Gasteiger partial charge in [-0.3, -0.25) is 0 Å². The predicted octanol–water partition coefficient (Wildman–Crippen LogP) is 2.90. The Morgan fingerprint density at radius 1 is 1.50 bits per heavy atom. The Bertz CT molecular complexity index is 340. The van der Waals surface area contributed by atoms with Crippen molar-refractivity contribution in [2.45, 2.75) is 12.3 Å². The standard InChI is InChI=1S/C11H13ClFN/c1-14-5-4-9(7-14)8-2-3-10(12)11(13)6-8/h2-3,6,9H,4-5,7H2,1H3. The molecule has 0 bridgehead atoms. The van der Waals surface area contributed by atoms with Crippen molar-refractivity contribution in [3.63, 3.8) is 0 Å². The monoisotopic (exact) mass is 213 g/mol. The number of halogens is 2. The zero-order valence-corrected chi connectivity index (χ0v) is 8.89. The minimum atomic E-state index is -0.307. The van der Waals surface area contributed by atoms with E-state index in [1.165, 1.54) is 0 Å². The number of likely N-dealkylation sites (N-methyl/N-ethyl adjacent to an activating group) is 1. The first kappa shape index (κ1) is 9.94. The first-order valence-electron chi connectivity index (χ1n) is 4.80. The number of nitrogens with zero attached hydrogens (tertiary/aromatic N) is 1. The van der Waals surface area contributed by atoms with Crippen molar-refractivity contribution in [2.24, 2.45) is 0 Å². The third-order valence-electron chi connectivity index (χ3n) is 2.81. The number of benzene rings is 1. The molecule has 1 saturated heterocycles. The molecule has 1 aliphatic rings. The highest BCUT2D eigenvalue weighted by Crippen LogP contribution is 2.28. The minimum absolute atomic E-state index is 0.208. The van der Waals surface area contributed by atoms with E-state index >= 15 is 0 Å². The average Bonchev–Trinajstić information content (AvgIpc) is 2.57. The van der Waals surface area contributed by atoms with Gasteiger partial charge in [-0.05, 0) is 43.6 Å². The molecule has 14 heavy (non-hydrogen) atoms. The summed E-state index contributed by atoms with van der Waals surface area (Å²) in [7, 11) is 2.09. The summed E-state index contributed by atoms with van der Waals surface area (Å²) in [6, 6.07) is 5.13. The second kappa shape index (κ2) is 3.87. The Kier molecular flexibility index (Phi) is 2.75. The van der Waals surface area contributed by atoms with Crippen molar-refractivity contribution in [1.29, 1.82) is 0 Å². The molecule has 0 saturated carbocycles. The lowest BCUT2D eigenvalue weighted by atomic mass is 9.98. The lowest BCUT2D eigenvalue weighted by Crippen LogP contribution is -2.13. The molecule has 2 rings (SSSR count). The zero-order valence-electron chi connectivity index (χ0n) is 8.13. The molecule has 1 nitrogen and oxygen atoms in total. The smallest absolute Gasteiger partial charge is 0.142 e. The van der Waals surface area contributed by atoms with Gasteiger partial charge in [-0.15, -0.1) is 0 Å². The van der Waals surface area contributed by atoms with Crippen LogP contribution in [-0.2, 0) is 0 Å². The van der Waals surface area contributed by atoms with Gasteiger partial charge in [0.1, 0.15) is 5.82 Å². The molecule has 0 amide bonds. The molecule has 1 aliphatic heterocycles. The summed E-state index contributed by atoms with van der Waals surface area (Å²) in [5, 5.41) is 0.208. The van der Waals surface area contributed by atoms with Crippen LogP contribution in [0.15, 0.2) is 18.2 Å². The van der Waals surface area contributed by atoms with Gasteiger partial charge < -0.3 is 4.90 Å². The summed E-state index contributed by atoms with van der Waals surface area (Å²) in [5.41, 5.74) is 1.07. The highest BCUT2D eigenvalue weighted by Gasteiger charge is 2.21. The first-order chi connectivity index (χ1) is 6.66. The maximum absolute atomic E-state index is 13.2. The highest BCUT2D eigenvalue weighted by molar-refractivity contribution is 6.30. The molecule has 3 heteroatoms. The van der Waals surface area contributed by atoms with E-state index in [1.54, 1.807) is 12.1 Å². The molecule has 1 atom stereocenters. The van der Waals surface area contributed by atoms with E-state index in [2.05, 4.69) is 11.9 Å². The van der Waals surface area contributed by atoms with Crippen LogP contribution in [-0.4, -0.2) is 25.0 Å². The minimum Gasteiger partial charge on any atom is -0.306 e. The summed E-state index contributed by atoms with van der Waals surface area (Å²) < 4.78 is 13.2. The van der Waals surface area contributed by atoms with Gasteiger partial charge >= 0.3 is 0 Å². The second-order valence-corrected chi connectivity index (χ2v) is 4.33. The molecule has 1 aromatic carbocycles. The van der Waals surface area contributed by atoms with Gasteiger partial charge in [-0.1, -0.05) is 17.7 Å². The van der Waals surface area contributed by atoms with E-state index in [0.29, 0.717) is 5.92 Å². The van der Waals surface area contributed by atoms with E-state index < -0.39 is 0 Å². The van der Waals surface area contributed by atoms with Gasteiger partial charge in [0.05, 0.1) is 5.02 Å². The number of hydrogen-bond donors (Lipinski definition) is 0. The van der Waals surface area contributed by atoms with E-state index in [0.717, 1.165) is 25.1 Å². The Morgan fingerprint density at radius 3 is 2.86 bits per heavy atom. The van der Waals surface area contributed by atoms with Crippen molar-refractivity contribution in [3.8, 4) is 0 Å². The van der Waals surface area contributed by atoms with Gasteiger partial charge in [-0.2, -0.15) is 0 Å². The fraction of sp³-hybridized carbons (Fsp3) is 0.455. The van der Waals surface area contributed by atoms with Crippen LogP contribution < -0.4 is 0 Å². The van der Waals surface area contributed by atoms with Crippen molar-refractivity contribution in [1.82, 2.24) is 4.90 Å². The first-order valence-corrected chi connectivity index (χ1v) is 5.18. The lowest BCUT2D eigenvalue weighted by molar-refractivity contribution is 0.411. The average molecular weight is 214 g/mol. The Balaban J connectivity index is 2.20. The Labute approximate surface area is 88.5 Å². The van der Waals surface area contributed by atoms with E-state index in [-0.39, 0.29) is 10.8 Å². The van der Waals surface area contributed by atoms with Crippen LogP contribution >= 0.6 is 11.6 Å². The van der Waals surface area contributed by atoms with E-state index in [9.17, 15) is 4.39 Å². The molecule has 0 aromatic heterocycles. The maximum atomic E-state index is 13.2. The molecular formula is C11H13ClFN. The summed E-state index contributed by atoms with van der Waals surface area (Å²) in [4.78, 5) is 2.26. The topological polar surface area (TPSA) is 3.24 Å². The summed E-state index contributed by atoms with van der Waals surface area (Å²) >= 11 is 5.63. The summed E-state index contributed by atoms with van der Waals surface area (Å²) in [5.74, 6) is 0.158. The lowest BCUT2D eigenvalue weighted by Gasteiger charge is -2.10. The zero-order chi connectivity index (χ0) is 10.1. The van der Waals surface area contributed by atoms with Crippen LogP contribution in [0.3, 0.4) is 0 Å². The normalized spacial score (nSPS) is 22.9. The molecule has 0 spiro atoms. The number of hydrogen-bond acceptors (Lipinski definition) is 1. The van der Waals surface area contributed by atoms with Gasteiger partial charge in [-0.25, -0.2) is 4.39 Å². The summed E-state index contributed by atoms with van der Waals surface area (Å²) in [6.45, 7) is 2.11. The second-order valence-electron chi connectivity index (χ2n) is 3.92. The van der Waals surface area contributed by atoms with Crippen LogP contribution in [0.4, 0.5) is 4.39 Å². The van der Waals surface area contributed by atoms with Gasteiger partial charge in [0.25, 0.3) is 0 Å². The predicted molar refractivity (Wildman–Crippen MR) is 56.3 cm³/mol. The van der Waals surface area contributed by atoms with E-state index in [4.69, 9.17) is 11.6 Å². The van der Waals surface area contributed by atoms with Gasteiger partial charge in [0.15, 0.2) is 0 Å². The Morgan fingerprint density at radius 2 is 2.29 bits per heavy atom. The third-order valence-corrected chi connectivity index (χ3v) is 3.11. The van der Waals surface area contributed by atoms with Crippen LogP contribution in [0.1, 0.15) is 17.9 Å². The highest BCUT2D eigenvalue weighted by atomic mass is 35.5. The van der Waals surface area contributed by atoms with Gasteiger partial charge in [0, 0.05) is 6.54 Å². The number of likely N-dealkylation sites (tertiary alicyclic amines) is 1. The molecule has 0 aliphatic carbocycles. The molecule has 0 radical (unpaired) electrons. The fourth-order valence-corrected chi connectivity index (χ4v) is 2.09. The van der Waals surface area contributed by atoms with Crippen molar-refractivity contribution >= 4 is 11.6 Å². The van der Waals surface area contributed by atoms with E-state index in [1.807, 2.05) is 6.07 Å². The van der Waals surface area contributed by atoms with Crippen LogP contribution in [0.5, 0.6) is 0 Å². The molecule has 76 valence electrons. The molecule has 1 fully saturated rings. The fourth-order valence-electron chi connectivity index (χ4n) is 1.97. The van der Waals surface area contributed by atoms with Crippen molar-refractivity contribution < 1.29 is 4.39 Å². The number of rotatable bonds is 1. The van der Waals surface area contributed by atoms with Gasteiger partial charge in [0.2, 0.25) is 0 Å². The molecule has 1 aromatic rings. The maximum Gasteiger partial charge on any atom is 0.142 e. The van der Waals surface area contributed by atoms with Crippen LogP contribution in [0.2, 0.25) is 5.02 Å².